The molecule has 3 aromatic rings. The standard InChI is InChI=1S/C21H24N4O/c1-14-4-3-5-20-23-19(13-25(14)20)12-22-15(2)16-8-10-18(11-9-16)24-21(26)17-6-7-17/h3-5,8-11,13,15,17,22H,6-7,12H2,1-2H3,(H,24,26)/t15-/m1/s1. The van der Waals surface area contributed by atoms with Crippen molar-refractivity contribution in [3.8, 4) is 0 Å². The molecule has 1 atom stereocenters. The maximum Gasteiger partial charge on any atom is 0.227 e. The number of aryl methyl sites for hydroxylation is 1. The average molecular weight is 348 g/mol. The smallest absolute Gasteiger partial charge is 0.227 e. The molecule has 2 heterocycles. The van der Waals surface area contributed by atoms with Gasteiger partial charge in [0.05, 0.1) is 5.69 Å². The fourth-order valence-electron chi connectivity index (χ4n) is 3.10. The molecule has 1 fully saturated rings. The number of benzene rings is 1. The molecule has 0 spiro atoms. The first-order valence-electron chi connectivity index (χ1n) is 9.18. The van der Waals surface area contributed by atoms with Crippen LogP contribution in [-0.2, 0) is 11.3 Å². The lowest BCUT2D eigenvalue weighted by Crippen LogP contribution is -2.18. The predicted octanol–water partition coefficient (Wildman–Crippen LogP) is 3.84. The van der Waals surface area contributed by atoms with Crippen LogP contribution in [0.15, 0.2) is 48.7 Å². The van der Waals surface area contributed by atoms with Gasteiger partial charge in [0.2, 0.25) is 5.91 Å². The Labute approximate surface area is 153 Å². The Morgan fingerprint density at radius 3 is 2.69 bits per heavy atom. The van der Waals surface area contributed by atoms with Crippen molar-refractivity contribution in [2.45, 2.75) is 39.3 Å². The molecular formula is C21H24N4O. The van der Waals surface area contributed by atoms with E-state index in [-0.39, 0.29) is 17.9 Å². The summed E-state index contributed by atoms with van der Waals surface area (Å²) in [5.41, 5.74) is 5.24. The van der Waals surface area contributed by atoms with E-state index >= 15 is 0 Å². The lowest BCUT2D eigenvalue weighted by Gasteiger charge is -2.14. The number of nitrogens with zero attached hydrogens (tertiary/aromatic N) is 2. The Kier molecular flexibility index (Phi) is 4.47. The zero-order valence-corrected chi connectivity index (χ0v) is 15.2. The van der Waals surface area contributed by atoms with Gasteiger partial charge in [-0.3, -0.25) is 4.79 Å². The topological polar surface area (TPSA) is 58.4 Å². The lowest BCUT2D eigenvalue weighted by atomic mass is 10.1. The lowest BCUT2D eigenvalue weighted by molar-refractivity contribution is -0.117. The minimum Gasteiger partial charge on any atom is -0.326 e. The molecule has 1 aliphatic carbocycles. The summed E-state index contributed by atoms with van der Waals surface area (Å²) in [6.45, 7) is 4.93. The van der Waals surface area contributed by atoms with Crippen LogP contribution < -0.4 is 10.6 Å². The summed E-state index contributed by atoms with van der Waals surface area (Å²) in [5.74, 6) is 0.371. The molecule has 1 amide bonds. The van der Waals surface area contributed by atoms with Gasteiger partial charge in [-0.15, -0.1) is 0 Å². The second-order valence-electron chi connectivity index (χ2n) is 7.12. The Bertz CT molecular complexity index is 925. The number of amides is 1. The molecule has 134 valence electrons. The van der Waals surface area contributed by atoms with Crippen molar-refractivity contribution in [1.82, 2.24) is 14.7 Å². The first-order chi connectivity index (χ1) is 12.6. The van der Waals surface area contributed by atoms with E-state index in [9.17, 15) is 4.79 Å². The number of imidazole rings is 1. The van der Waals surface area contributed by atoms with Crippen LogP contribution in [0.4, 0.5) is 5.69 Å². The number of fused-ring (bicyclic) bond motifs is 1. The van der Waals surface area contributed by atoms with Crippen molar-refractivity contribution in [2.24, 2.45) is 5.92 Å². The molecule has 2 N–H and O–H groups in total. The Morgan fingerprint density at radius 1 is 1.23 bits per heavy atom. The van der Waals surface area contributed by atoms with Gasteiger partial charge in [0, 0.05) is 36.1 Å². The molecule has 5 heteroatoms. The molecule has 1 saturated carbocycles. The number of carbonyl (C=O) groups is 1. The largest absolute Gasteiger partial charge is 0.326 e. The summed E-state index contributed by atoms with van der Waals surface area (Å²) in [5, 5.41) is 6.50. The summed E-state index contributed by atoms with van der Waals surface area (Å²) in [6.07, 6.45) is 4.13. The number of aromatic nitrogens is 2. The molecule has 5 nitrogen and oxygen atoms in total. The molecular weight excluding hydrogens is 324 g/mol. The molecule has 0 bridgehead atoms. The Hall–Kier alpha value is -2.66. The van der Waals surface area contributed by atoms with Crippen LogP contribution in [0.25, 0.3) is 5.65 Å². The maximum absolute atomic E-state index is 11.8. The SMILES string of the molecule is Cc1cccc2nc(CN[C@H](C)c3ccc(NC(=O)C4CC4)cc3)cn12. The zero-order valence-electron chi connectivity index (χ0n) is 15.2. The van der Waals surface area contributed by atoms with Gasteiger partial charge in [-0.25, -0.2) is 4.98 Å². The first kappa shape index (κ1) is 16.8. The number of rotatable bonds is 6. The van der Waals surface area contributed by atoms with Gasteiger partial charge in [-0.1, -0.05) is 18.2 Å². The molecule has 0 saturated heterocycles. The third-order valence-electron chi connectivity index (χ3n) is 4.96. The number of anilines is 1. The summed E-state index contributed by atoms with van der Waals surface area (Å²) < 4.78 is 2.11. The van der Waals surface area contributed by atoms with Crippen molar-refractivity contribution in [1.29, 1.82) is 0 Å². The minimum absolute atomic E-state index is 0.145. The number of hydrogen-bond donors (Lipinski definition) is 2. The van der Waals surface area contributed by atoms with Crippen molar-refractivity contribution in [3.63, 3.8) is 0 Å². The number of pyridine rings is 1. The number of hydrogen-bond acceptors (Lipinski definition) is 3. The van der Waals surface area contributed by atoms with E-state index in [1.54, 1.807) is 0 Å². The van der Waals surface area contributed by atoms with Gasteiger partial charge in [-0.2, -0.15) is 0 Å². The fourth-order valence-corrected chi connectivity index (χ4v) is 3.10. The fraction of sp³-hybridized carbons (Fsp3) is 0.333. The van der Waals surface area contributed by atoms with Crippen molar-refractivity contribution >= 4 is 17.2 Å². The van der Waals surface area contributed by atoms with Crippen LogP contribution in [0.1, 0.15) is 42.8 Å². The highest BCUT2D eigenvalue weighted by atomic mass is 16.2. The van der Waals surface area contributed by atoms with E-state index in [0.29, 0.717) is 6.54 Å². The third kappa shape index (κ3) is 3.63. The van der Waals surface area contributed by atoms with E-state index in [4.69, 9.17) is 0 Å². The van der Waals surface area contributed by atoms with E-state index < -0.39 is 0 Å². The average Bonchev–Trinajstić information content (AvgIpc) is 3.41. The van der Waals surface area contributed by atoms with Gasteiger partial charge < -0.3 is 15.0 Å². The second-order valence-corrected chi connectivity index (χ2v) is 7.12. The van der Waals surface area contributed by atoms with E-state index in [1.165, 1.54) is 11.3 Å². The molecule has 0 radical (unpaired) electrons. The van der Waals surface area contributed by atoms with Crippen LogP contribution in [-0.4, -0.2) is 15.3 Å². The Balaban J connectivity index is 1.36. The van der Waals surface area contributed by atoms with Crippen LogP contribution in [0, 0.1) is 12.8 Å². The molecule has 0 aliphatic heterocycles. The summed E-state index contributed by atoms with van der Waals surface area (Å²) >= 11 is 0. The van der Waals surface area contributed by atoms with Gasteiger partial charge in [0.15, 0.2) is 0 Å². The quantitative estimate of drug-likeness (QED) is 0.711. The van der Waals surface area contributed by atoms with Crippen LogP contribution in [0.2, 0.25) is 0 Å². The molecule has 26 heavy (non-hydrogen) atoms. The maximum atomic E-state index is 11.8. The number of carbonyl (C=O) groups excluding carboxylic acids is 1. The predicted molar refractivity (Wildman–Crippen MR) is 103 cm³/mol. The van der Waals surface area contributed by atoms with E-state index in [1.807, 2.05) is 24.3 Å². The van der Waals surface area contributed by atoms with Gasteiger partial charge >= 0.3 is 0 Å². The third-order valence-corrected chi connectivity index (χ3v) is 4.96. The minimum atomic E-state index is 0.145. The number of nitrogens with one attached hydrogen (secondary N) is 2. The summed E-state index contributed by atoms with van der Waals surface area (Å²) in [7, 11) is 0. The molecule has 0 unspecified atom stereocenters. The van der Waals surface area contributed by atoms with Gasteiger partial charge in [0.1, 0.15) is 5.65 Å². The van der Waals surface area contributed by atoms with E-state index in [0.717, 1.165) is 29.9 Å². The molecule has 1 aliphatic rings. The van der Waals surface area contributed by atoms with Gasteiger partial charge in [-0.05, 0) is 56.5 Å². The highest BCUT2D eigenvalue weighted by Crippen LogP contribution is 2.30. The second kappa shape index (κ2) is 6.92. The summed E-state index contributed by atoms with van der Waals surface area (Å²) in [4.78, 5) is 16.5. The van der Waals surface area contributed by atoms with Crippen LogP contribution in [0.5, 0.6) is 0 Å². The molecule has 2 aromatic heterocycles. The van der Waals surface area contributed by atoms with Crippen LogP contribution >= 0.6 is 0 Å². The van der Waals surface area contributed by atoms with Crippen molar-refractivity contribution < 1.29 is 4.79 Å². The monoisotopic (exact) mass is 348 g/mol. The zero-order chi connectivity index (χ0) is 18.1. The van der Waals surface area contributed by atoms with Gasteiger partial charge in [0.25, 0.3) is 0 Å². The highest BCUT2D eigenvalue weighted by molar-refractivity contribution is 5.94. The normalized spacial score (nSPS) is 15.2. The van der Waals surface area contributed by atoms with Crippen molar-refractivity contribution in [2.75, 3.05) is 5.32 Å². The summed E-state index contributed by atoms with van der Waals surface area (Å²) in [6, 6.07) is 14.4. The first-order valence-corrected chi connectivity index (χ1v) is 9.18. The molecule has 4 rings (SSSR count). The van der Waals surface area contributed by atoms with Crippen LogP contribution in [0.3, 0.4) is 0 Å². The molecule has 1 aromatic carbocycles. The van der Waals surface area contributed by atoms with Crippen molar-refractivity contribution in [3.05, 3.63) is 65.6 Å². The Morgan fingerprint density at radius 2 is 2.00 bits per heavy atom. The highest BCUT2D eigenvalue weighted by Gasteiger charge is 2.29. The van der Waals surface area contributed by atoms with E-state index in [2.05, 4.69) is 58.3 Å².